The quantitative estimate of drug-likeness (QED) is 0.583. The highest BCUT2D eigenvalue weighted by Gasteiger charge is 2.41. The van der Waals surface area contributed by atoms with Gasteiger partial charge < -0.3 is 10.2 Å². The van der Waals surface area contributed by atoms with E-state index in [9.17, 15) is 9.90 Å². The molecule has 0 aromatic rings. The first-order valence-corrected chi connectivity index (χ1v) is 6.38. The third-order valence-corrected chi connectivity index (χ3v) is 4.51. The van der Waals surface area contributed by atoms with Gasteiger partial charge in [-0.2, -0.15) is 0 Å². The molecule has 2 aliphatic carbocycles. The van der Waals surface area contributed by atoms with E-state index in [4.69, 9.17) is 5.11 Å². The molecule has 0 bridgehead atoms. The maximum Gasteiger partial charge on any atom is 0.331 e. The number of fused-ring (bicyclic) bond motifs is 1. The van der Waals surface area contributed by atoms with Gasteiger partial charge in [0, 0.05) is 5.57 Å². The summed E-state index contributed by atoms with van der Waals surface area (Å²) in [6.45, 7) is 11.7. The Morgan fingerprint density at radius 2 is 1.89 bits per heavy atom. The van der Waals surface area contributed by atoms with Crippen molar-refractivity contribution >= 4 is 5.97 Å². The number of aliphatic hydroxyl groups is 1. The van der Waals surface area contributed by atoms with Crippen LogP contribution in [0.25, 0.3) is 0 Å². The van der Waals surface area contributed by atoms with Crippen LogP contribution in [0.5, 0.6) is 0 Å². The third-order valence-electron chi connectivity index (χ3n) is 4.51. The molecule has 0 amide bonds. The summed E-state index contributed by atoms with van der Waals surface area (Å²) < 4.78 is 0. The molecule has 18 heavy (non-hydrogen) atoms. The first kappa shape index (κ1) is 13.1. The summed E-state index contributed by atoms with van der Waals surface area (Å²) in [5.41, 5.74) is 2.24. The van der Waals surface area contributed by atoms with Crippen LogP contribution >= 0.6 is 0 Å². The molecule has 3 heteroatoms. The number of aliphatic hydroxyl groups excluding tert-OH is 1. The standard InChI is InChI=1S/C15H20O3/c1-8-4-5-11(9(2)15(17)18)6-13-10(3)14(16)7-12(8)13/h11-14,16H,1-7H2,(H,17,18)/t11-,12+,13?,14-/m1/s1. The number of hydrogen-bond acceptors (Lipinski definition) is 2. The second-order valence-corrected chi connectivity index (χ2v) is 5.50. The smallest absolute Gasteiger partial charge is 0.331 e. The minimum atomic E-state index is -0.923. The van der Waals surface area contributed by atoms with E-state index in [0.717, 1.165) is 30.4 Å². The van der Waals surface area contributed by atoms with Gasteiger partial charge in [0.2, 0.25) is 0 Å². The summed E-state index contributed by atoms with van der Waals surface area (Å²) in [5, 5.41) is 18.9. The number of carbonyl (C=O) groups is 1. The fourth-order valence-electron chi connectivity index (χ4n) is 3.29. The molecule has 2 N–H and O–H groups in total. The molecule has 0 heterocycles. The van der Waals surface area contributed by atoms with Gasteiger partial charge in [-0.05, 0) is 49.0 Å². The van der Waals surface area contributed by atoms with Crippen molar-refractivity contribution in [2.45, 2.75) is 31.8 Å². The van der Waals surface area contributed by atoms with E-state index >= 15 is 0 Å². The van der Waals surface area contributed by atoms with Crippen LogP contribution in [0.1, 0.15) is 25.7 Å². The molecule has 4 atom stereocenters. The molecule has 2 saturated carbocycles. The van der Waals surface area contributed by atoms with E-state index in [2.05, 4.69) is 19.7 Å². The summed E-state index contributed by atoms with van der Waals surface area (Å²) in [7, 11) is 0. The first-order chi connectivity index (χ1) is 8.41. The van der Waals surface area contributed by atoms with E-state index in [0.29, 0.717) is 6.42 Å². The lowest BCUT2D eigenvalue weighted by molar-refractivity contribution is -0.133. The molecule has 0 radical (unpaired) electrons. The molecule has 0 aliphatic heterocycles. The van der Waals surface area contributed by atoms with E-state index < -0.39 is 12.1 Å². The van der Waals surface area contributed by atoms with Gasteiger partial charge in [-0.25, -0.2) is 4.79 Å². The highest BCUT2D eigenvalue weighted by atomic mass is 16.4. The molecule has 98 valence electrons. The minimum absolute atomic E-state index is 0.0312. The monoisotopic (exact) mass is 248 g/mol. The molecule has 3 nitrogen and oxygen atoms in total. The van der Waals surface area contributed by atoms with Crippen LogP contribution < -0.4 is 0 Å². The molecule has 0 saturated heterocycles. The van der Waals surface area contributed by atoms with Crippen LogP contribution in [0.3, 0.4) is 0 Å². The van der Waals surface area contributed by atoms with Gasteiger partial charge in [0.25, 0.3) is 0 Å². The van der Waals surface area contributed by atoms with Crippen molar-refractivity contribution < 1.29 is 15.0 Å². The Hall–Kier alpha value is -1.35. The summed E-state index contributed by atoms with van der Waals surface area (Å²) in [5.74, 6) is -0.528. The molecule has 0 spiro atoms. The molecular formula is C15H20O3. The van der Waals surface area contributed by atoms with Crippen molar-refractivity contribution in [2.75, 3.05) is 0 Å². The van der Waals surface area contributed by atoms with Gasteiger partial charge in [0.05, 0.1) is 6.10 Å². The maximum atomic E-state index is 11.0. The molecule has 1 unspecified atom stereocenters. The third kappa shape index (κ3) is 2.15. The van der Waals surface area contributed by atoms with Gasteiger partial charge in [0.1, 0.15) is 0 Å². The van der Waals surface area contributed by atoms with Crippen molar-refractivity contribution in [3.8, 4) is 0 Å². The number of rotatable bonds is 2. The first-order valence-electron chi connectivity index (χ1n) is 6.38. The van der Waals surface area contributed by atoms with Gasteiger partial charge in [0.15, 0.2) is 0 Å². The van der Waals surface area contributed by atoms with Crippen molar-refractivity contribution in [1.82, 2.24) is 0 Å². The maximum absolute atomic E-state index is 11.0. The number of carboxylic acid groups (broad SMARTS) is 1. The topological polar surface area (TPSA) is 57.5 Å². The zero-order valence-electron chi connectivity index (χ0n) is 10.6. The Kier molecular flexibility index (Phi) is 3.44. The van der Waals surface area contributed by atoms with Crippen LogP contribution in [-0.4, -0.2) is 22.3 Å². The zero-order chi connectivity index (χ0) is 13.4. The van der Waals surface area contributed by atoms with E-state index in [1.54, 1.807) is 0 Å². The van der Waals surface area contributed by atoms with Crippen LogP contribution in [0.4, 0.5) is 0 Å². The van der Waals surface area contributed by atoms with Crippen molar-refractivity contribution in [2.24, 2.45) is 17.8 Å². The fraction of sp³-hybridized carbons (Fsp3) is 0.533. The summed E-state index contributed by atoms with van der Waals surface area (Å²) in [6.07, 6.45) is 2.56. The molecule has 2 rings (SSSR count). The van der Waals surface area contributed by atoms with Crippen LogP contribution in [-0.2, 0) is 4.79 Å². The Morgan fingerprint density at radius 3 is 2.50 bits per heavy atom. The largest absolute Gasteiger partial charge is 0.478 e. The average Bonchev–Trinajstić information content (AvgIpc) is 2.50. The zero-order valence-corrected chi connectivity index (χ0v) is 10.6. The Balaban J connectivity index is 2.22. The van der Waals surface area contributed by atoms with Crippen LogP contribution in [0, 0.1) is 17.8 Å². The number of carboxylic acids is 1. The number of hydrogen-bond donors (Lipinski definition) is 2. The highest BCUT2D eigenvalue weighted by molar-refractivity contribution is 5.86. The van der Waals surface area contributed by atoms with Gasteiger partial charge in [-0.3, -0.25) is 0 Å². The predicted octanol–water partition coefficient (Wildman–Crippen LogP) is 2.54. The lowest BCUT2D eigenvalue weighted by atomic mass is 9.83. The predicted molar refractivity (Wildman–Crippen MR) is 70.0 cm³/mol. The Morgan fingerprint density at radius 1 is 1.22 bits per heavy atom. The SMILES string of the molecule is C=C(C(=O)O)[C@@H]1CCC(=C)[C@@H]2C[C@@H](O)C(=C)C2C1. The van der Waals surface area contributed by atoms with E-state index in [-0.39, 0.29) is 23.3 Å². The molecule has 2 aliphatic rings. The lowest BCUT2D eigenvalue weighted by Crippen LogP contribution is -2.16. The molecule has 2 fully saturated rings. The number of allylic oxidation sites excluding steroid dienone is 1. The van der Waals surface area contributed by atoms with E-state index in [1.165, 1.54) is 0 Å². The second kappa shape index (κ2) is 4.73. The lowest BCUT2D eigenvalue weighted by Gasteiger charge is -2.21. The second-order valence-electron chi connectivity index (χ2n) is 5.50. The van der Waals surface area contributed by atoms with Crippen molar-refractivity contribution in [3.05, 3.63) is 36.5 Å². The molecule has 0 aromatic carbocycles. The summed E-state index contributed by atoms with van der Waals surface area (Å²) >= 11 is 0. The minimum Gasteiger partial charge on any atom is -0.478 e. The number of aliphatic carboxylic acids is 1. The molecular weight excluding hydrogens is 228 g/mol. The van der Waals surface area contributed by atoms with Gasteiger partial charge >= 0.3 is 5.97 Å². The van der Waals surface area contributed by atoms with Crippen LogP contribution in [0.2, 0.25) is 0 Å². The van der Waals surface area contributed by atoms with Gasteiger partial charge in [-0.15, -0.1) is 0 Å². The van der Waals surface area contributed by atoms with Crippen molar-refractivity contribution in [1.29, 1.82) is 0 Å². The van der Waals surface area contributed by atoms with Crippen LogP contribution in [0.15, 0.2) is 36.5 Å². The van der Waals surface area contributed by atoms with Gasteiger partial charge in [-0.1, -0.05) is 25.3 Å². The summed E-state index contributed by atoms with van der Waals surface area (Å²) in [4.78, 5) is 11.0. The Bertz CT molecular complexity index is 421. The Labute approximate surface area is 108 Å². The van der Waals surface area contributed by atoms with E-state index in [1.807, 2.05) is 0 Å². The summed E-state index contributed by atoms with van der Waals surface area (Å²) in [6, 6.07) is 0. The fourth-order valence-corrected chi connectivity index (χ4v) is 3.29. The van der Waals surface area contributed by atoms with Crippen molar-refractivity contribution in [3.63, 3.8) is 0 Å². The molecule has 0 aromatic heterocycles. The normalized spacial score (nSPS) is 36.1. The highest BCUT2D eigenvalue weighted by Crippen LogP contribution is 2.48. The average molecular weight is 248 g/mol.